The zero-order chi connectivity index (χ0) is 63.4. The van der Waals surface area contributed by atoms with E-state index in [1.54, 1.807) is 47.0 Å². The summed E-state index contributed by atoms with van der Waals surface area (Å²) in [5.41, 5.74) is -9.53. The molecule has 6 unspecified atom stereocenters. The fourth-order valence-corrected chi connectivity index (χ4v) is 39.0. The van der Waals surface area contributed by atoms with Crippen LogP contribution in [0.2, 0.25) is 0 Å². The molecule has 0 bridgehead atoms. The van der Waals surface area contributed by atoms with E-state index in [0.29, 0.717) is 50.0 Å². The van der Waals surface area contributed by atoms with Gasteiger partial charge in [0.25, 0.3) is 0 Å². The summed E-state index contributed by atoms with van der Waals surface area (Å²) in [5, 5.41) is -0.526. The molecule has 0 rings (SSSR count). The van der Waals surface area contributed by atoms with Crippen molar-refractivity contribution in [2.45, 2.75) is 280 Å². The Kier molecular flexibility index (Phi) is 48.2. The van der Waals surface area contributed by atoms with Gasteiger partial charge in [-0.2, -0.15) is 52.7 Å². The Labute approximate surface area is 561 Å². The lowest BCUT2D eigenvalue weighted by molar-refractivity contribution is -0.135. The number of rotatable bonds is 54. The normalized spacial score (nSPS) is 17.6. The Hall–Kier alpha value is 4.41. The van der Waals surface area contributed by atoms with Crippen LogP contribution in [-0.4, -0.2) is 113 Å². The molecule has 0 aliphatic carbocycles. The molecule has 0 heterocycles. The van der Waals surface area contributed by atoms with Crippen LogP contribution in [0, 0.1) is 0 Å². The summed E-state index contributed by atoms with van der Waals surface area (Å²) in [4.78, 5) is 0. The van der Waals surface area contributed by atoms with E-state index in [0.717, 1.165) is 87.2 Å². The standard InChI is InChI=1S/C56H102F12S15/c1-13-21-25-41-73-51(71-39-23-15-3,75-43-29-33-49(57,58)59)35-27-31-47(69-19-7,81-55(63,64)65)53(77-37-17-5,79-45(9)10)83-54(78-38-18-6,80-46(11)12)48(70-20-8,82-56(66,67)68)32-28-36-52(72-40-24-16-4,74-42-26-22-14-2)76-44-30-34-50(60,61)62/h45-46H,13-44H2,1-12H3. The lowest BCUT2D eigenvalue weighted by Gasteiger charge is -2.57. The SMILES string of the molecule is CCCCCSC(CCCC(SCC)(SC(F)(F)F)C(SCCC)(SC(C)C)SC(SCCC)(SC(C)C)C(CCCC(SCCCC)(SCCCCC)SCCCC(F)(F)F)(SCC)SC(F)(F)F)(SCCCC)SCCCC(F)(F)F. The van der Waals surface area contributed by atoms with E-state index in [4.69, 9.17) is 0 Å². The number of hydrogen-bond acceptors (Lipinski definition) is 15. The topological polar surface area (TPSA) is 0 Å². The van der Waals surface area contributed by atoms with Crippen molar-refractivity contribution in [2.75, 3.05) is 57.5 Å². The van der Waals surface area contributed by atoms with Crippen molar-refractivity contribution in [1.82, 2.24) is 0 Å². The first-order chi connectivity index (χ1) is 38.8. The molecule has 0 saturated carbocycles. The molecule has 0 amide bonds. The molecule has 0 aliphatic heterocycles. The largest absolute Gasteiger partial charge is 0.443 e. The average molecular weight is 1480 g/mol. The molecule has 500 valence electrons. The van der Waals surface area contributed by atoms with Crippen LogP contribution in [0.15, 0.2) is 0 Å². The Bertz CT molecular complexity index is 1490. The molecular formula is C56H102F12S15. The third-order valence-corrected chi connectivity index (χ3v) is 40.1. The van der Waals surface area contributed by atoms with Gasteiger partial charge in [0, 0.05) is 23.3 Å². The Balaban J connectivity index is 8.97. The molecule has 0 aliphatic rings. The average Bonchev–Trinajstić information content (AvgIpc) is 2.90. The number of halogens is 12. The summed E-state index contributed by atoms with van der Waals surface area (Å²) < 4.78 is 171. The van der Waals surface area contributed by atoms with Crippen molar-refractivity contribution < 1.29 is 52.7 Å². The van der Waals surface area contributed by atoms with Crippen LogP contribution in [0.25, 0.3) is 0 Å². The number of unbranched alkanes of at least 4 members (excludes halogenated alkanes) is 6. The summed E-state index contributed by atoms with van der Waals surface area (Å²) in [6.45, 7) is 23.9. The zero-order valence-electron chi connectivity index (χ0n) is 51.4. The minimum absolute atomic E-state index is 0.0110. The fourth-order valence-electron chi connectivity index (χ4n) is 8.42. The first kappa shape index (κ1) is 87.4. The molecule has 0 aromatic heterocycles. The third-order valence-electron chi connectivity index (χ3n) is 11.9. The minimum Gasteiger partial charge on any atom is -0.171 e. The first-order valence-corrected chi connectivity index (χ1v) is 44.0. The second-order valence-electron chi connectivity index (χ2n) is 20.4. The smallest absolute Gasteiger partial charge is 0.171 e. The minimum atomic E-state index is -4.77. The first-order valence-electron chi connectivity index (χ1n) is 29.9. The number of thioether (sulfide) groups is 15. The van der Waals surface area contributed by atoms with E-state index in [-0.39, 0.29) is 82.7 Å². The van der Waals surface area contributed by atoms with Crippen LogP contribution in [0.5, 0.6) is 0 Å². The highest BCUT2D eigenvalue weighted by Crippen LogP contribution is 2.78. The number of hydrogen-bond donors (Lipinski definition) is 0. The highest BCUT2D eigenvalue weighted by atomic mass is 32.3. The zero-order valence-corrected chi connectivity index (χ0v) is 63.7. The molecule has 6 atom stereocenters. The quantitative estimate of drug-likeness (QED) is 0.0322. The summed E-state index contributed by atoms with van der Waals surface area (Å²) in [6.07, 6.45) is 1.38. The van der Waals surface area contributed by atoms with Gasteiger partial charge in [-0.1, -0.05) is 133 Å². The molecule has 0 aromatic carbocycles. The predicted octanol–water partition coefficient (Wildman–Crippen LogP) is 27.7. The molecule has 0 aromatic rings. The van der Waals surface area contributed by atoms with Gasteiger partial charge in [0.05, 0.1) is 0 Å². The third kappa shape index (κ3) is 37.3. The van der Waals surface area contributed by atoms with Crippen LogP contribution in [-0.2, 0) is 0 Å². The van der Waals surface area contributed by atoms with Gasteiger partial charge in [0.2, 0.25) is 0 Å². The van der Waals surface area contributed by atoms with Crippen molar-refractivity contribution in [1.29, 1.82) is 0 Å². The second-order valence-corrected chi connectivity index (χ2v) is 45.9. The molecule has 0 nitrogen and oxygen atoms in total. The van der Waals surface area contributed by atoms with E-state index in [9.17, 15) is 26.3 Å². The highest BCUT2D eigenvalue weighted by Gasteiger charge is 2.67. The van der Waals surface area contributed by atoms with Gasteiger partial charge >= 0.3 is 23.4 Å². The molecule has 0 N–H and O–H groups in total. The summed E-state index contributed by atoms with van der Waals surface area (Å²) in [7, 11) is 0. The fraction of sp³-hybridized carbons (Fsp3) is 1.00. The molecule has 0 fully saturated rings. The molecule has 83 heavy (non-hydrogen) atoms. The maximum atomic E-state index is 16.2. The molecular weight excluding hydrogens is 1380 g/mol. The van der Waals surface area contributed by atoms with Gasteiger partial charge in [-0.05, 0) is 171 Å². The monoisotopic (exact) mass is 1480 g/mol. The van der Waals surface area contributed by atoms with Crippen LogP contribution >= 0.6 is 176 Å². The molecule has 0 saturated heterocycles. The van der Waals surface area contributed by atoms with Crippen LogP contribution in [0.1, 0.15) is 224 Å². The lowest BCUT2D eigenvalue weighted by atomic mass is 10.2. The van der Waals surface area contributed by atoms with Gasteiger partial charge < -0.3 is 0 Å². The molecule has 0 radical (unpaired) electrons. The Morgan fingerprint density at radius 2 is 0.578 bits per heavy atom. The van der Waals surface area contributed by atoms with E-state index >= 15 is 26.3 Å². The van der Waals surface area contributed by atoms with Crippen molar-refractivity contribution in [3.05, 3.63) is 0 Å². The Morgan fingerprint density at radius 1 is 0.277 bits per heavy atom. The van der Waals surface area contributed by atoms with Crippen molar-refractivity contribution >= 4 is 176 Å². The van der Waals surface area contributed by atoms with Crippen molar-refractivity contribution in [3.8, 4) is 0 Å². The van der Waals surface area contributed by atoms with Gasteiger partial charge in [-0.25, -0.2) is 0 Å². The molecule has 27 heteroatoms. The number of alkyl halides is 12. The van der Waals surface area contributed by atoms with Crippen LogP contribution < -0.4 is 0 Å². The van der Waals surface area contributed by atoms with Crippen LogP contribution in [0.3, 0.4) is 0 Å². The predicted molar refractivity (Wildman–Crippen MR) is 380 cm³/mol. The van der Waals surface area contributed by atoms with Gasteiger partial charge in [0.15, 0.2) is 0 Å². The highest BCUT2D eigenvalue weighted by molar-refractivity contribution is 8.46. The summed E-state index contributed by atoms with van der Waals surface area (Å²) in [6, 6.07) is 0. The summed E-state index contributed by atoms with van der Waals surface area (Å²) in [5.74, 6) is 4.94. The Morgan fingerprint density at radius 3 is 0.831 bits per heavy atom. The van der Waals surface area contributed by atoms with Crippen molar-refractivity contribution in [3.63, 3.8) is 0 Å². The van der Waals surface area contributed by atoms with E-state index in [1.165, 1.54) is 106 Å². The summed E-state index contributed by atoms with van der Waals surface area (Å²) >= 11 is 19.4. The lowest BCUT2D eigenvalue weighted by Crippen LogP contribution is -2.53. The van der Waals surface area contributed by atoms with E-state index in [1.807, 2.05) is 55.4 Å². The second kappa shape index (κ2) is 45.7. The maximum absolute atomic E-state index is 16.2. The van der Waals surface area contributed by atoms with Crippen molar-refractivity contribution in [2.24, 2.45) is 0 Å². The maximum Gasteiger partial charge on any atom is 0.443 e. The van der Waals surface area contributed by atoms with Crippen LogP contribution in [0.4, 0.5) is 52.7 Å². The molecule has 0 spiro atoms. The van der Waals surface area contributed by atoms with Gasteiger partial charge in [-0.3, -0.25) is 0 Å². The van der Waals surface area contributed by atoms with E-state index < -0.39 is 58.0 Å². The van der Waals surface area contributed by atoms with E-state index in [2.05, 4.69) is 27.7 Å². The van der Waals surface area contributed by atoms with Gasteiger partial charge in [0.1, 0.15) is 21.8 Å². The van der Waals surface area contributed by atoms with Gasteiger partial charge in [-0.15, -0.1) is 141 Å².